The molecule has 8 atom stereocenters. The molecule has 1 aromatic heterocycles. The number of aromatic amines is 1. The molecule has 2 bridgehead atoms. The summed E-state index contributed by atoms with van der Waals surface area (Å²) in [5, 5.41) is 14.2. The molecule has 4 aliphatic carbocycles. The molecule has 8 unspecified atom stereocenters. The highest BCUT2D eigenvalue weighted by Crippen LogP contribution is 2.72. The fourth-order valence-electron chi connectivity index (χ4n) is 11.8. The van der Waals surface area contributed by atoms with Gasteiger partial charge in [-0.1, -0.05) is 13.8 Å². The lowest BCUT2D eigenvalue weighted by Gasteiger charge is -2.65. The van der Waals surface area contributed by atoms with Gasteiger partial charge >= 0.3 is 0 Å². The van der Waals surface area contributed by atoms with Gasteiger partial charge in [0.25, 0.3) is 0 Å². The van der Waals surface area contributed by atoms with Crippen LogP contribution in [-0.4, -0.2) is 57.3 Å². The minimum Gasteiger partial charge on any atom is -0.385 e. The third kappa shape index (κ3) is 3.14. The van der Waals surface area contributed by atoms with Gasteiger partial charge in [-0.2, -0.15) is 0 Å². The van der Waals surface area contributed by atoms with E-state index in [1.807, 2.05) is 21.0 Å². The van der Waals surface area contributed by atoms with Crippen molar-refractivity contribution in [2.75, 3.05) is 7.11 Å². The van der Waals surface area contributed by atoms with Crippen molar-refractivity contribution >= 4 is 22.3 Å². The van der Waals surface area contributed by atoms with E-state index in [0.717, 1.165) is 24.8 Å². The Kier molecular flexibility index (Phi) is 5.16. The van der Waals surface area contributed by atoms with Gasteiger partial charge in [0.15, 0.2) is 17.7 Å². The first-order chi connectivity index (χ1) is 20.9. The number of aliphatic hydroxyl groups is 1. The lowest BCUT2D eigenvalue weighted by atomic mass is 9.42. The van der Waals surface area contributed by atoms with Gasteiger partial charge in [0.1, 0.15) is 5.60 Å². The zero-order valence-electron chi connectivity index (χ0n) is 28.1. The summed E-state index contributed by atoms with van der Waals surface area (Å²) in [6, 6.07) is 4.72. The van der Waals surface area contributed by atoms with Crippen LogP contribution in [0, 0.1) is 17.3 Å². The molecule has 7 nitrogen and oxygen atoms in total. The van der Waals surface area contributed by atoms with E-state index in [0.29, 0.717) is 24.3 Å². The van der Waals surface area contributed by atoms with Gasteiger partial charge in [0.2, 0.25) is 0 Å². The largest absolute Gasteiger partial charge is 0.385 e. The van der Waals surface area contributed by atoms with E-state index in [1.54, 1.807) is 6.08 Å². The molecule has 2 aromatic rings. The molecular formula is C38H47NO6. The molecule has 1 saturated heterocycles. The lowest BCUT2D eigenvalue weighted by molar-refractivity contribution is -0.247. The number of fused-ring (bicyclic) bond motifs is 12. The van der Waals surface area contributed by atoms with Crippen LogP contribution in [0.4, 0.5) is 0 Å². The molecular weight excluding hydrogens is 566 g/mol. The molecule has 1 aromatic carbocycles. The Morgan fingerprint density at radius 2 is 1.73 bits per heavy atom. The van der Waals surface area contributed by atoms with E-state index < -0.39 is 28.5 Å². The van der Waals surface area contributed by atoms with Crippen LogP contribution in [-0.2, 0) is 35.6 Å². The lowest BCUT2D eigenvalue weighted by Crippen LogP contribution is -2.69. The third-order valence-corrected chi connectivity index (χ3v) is 13.8. The van der Waals surface area contributed by atoms with Gasteiger partial charge in [0, 0.05) is 52.4 Å². The molecule has 45 heavy (non-hydrogen) atoms. The fraction of sp³-hybridized carbons (Fsp3) is 0.658. The summed E-state index contributed by atoms with van der Waals surface area (Å²) in [5.74, 6) is -0.640. The number of methoxy groups -OCH3 is 1. The predicted molar refractivity (Wildman–Crippen MR) is 171 cm³/mol. The van der Waals surface area contributed by atoms with Crippen LogP contribution < -0.4 is 0 Å². The zero-order chi connectivity index (χ0) is 31.9. The summed E-state index contributed by atoms with van der Waals surface area (Å²) in [5.41, 5.74) is 4.60. The number of rotatable bonds is 1. The predicted octanol–water partition coefficient (Wildman–Crippen LogP) is 6.61. The average molecular weight is 614 g/mol. The second-order valence-corrected chi connectivity index (χ2v) is 17.3. The Morgan fingerprint density at radius 1 is 0.978 bits per heavy atom. The van der Waals surface area contributed by atoms with Crippen LogP contribution in [0.15, 0.2) is 29.9 Å². The Bertz CT molecular complexity index is 1790. The highest BCUT2D eigenvalue weighted by molar-refractivity contribution is 5.97. The Labute approximate surface area is 265 Å². The van der Waals surface area contributed by atoms with Gasteiger partial charge in [-0.15, -0.1) is 0 Å². The maximum Gasteiger partial charge on any atom is 0.195 e. The smallest absolute Gasteiger partial charge is 0.195 e. The van der Waals surface area contributed by atoms with Crippen LogP contribution in [0.5, 0.6) is 0 Å². The van der Waals surface area contributed by atoms with Gasteiger partial charge < -0.3 is 29.0 Å². The fourth-order valence-corrected chi connectivity index (χ4v) is 11.8. The second-order valence-electron chi connectivity index (χ2n) is 17.3. The molecule has 2 saturated carbocycles. The third-order valence-electron chi connectivity index (χ3n) is 13.8. The highest BCUT2D eigenvalue weighted by Gasteiger charge is 2.75. The average Bonchev–Trinajstić information content (AvgIpc) is 3.61. The minimum absolute atomic E-state index is 0.0843. The van der Waals surface area contributed by atoms with E-state index >= 15 is 0 Å². The number of carbonyl (C=O) groups excluding carboxylic acids is 1. The maximum atomic E-state index is 13.4. The molecule has 9 rings (SSSR count). The molecule has 4 heterocycles. The first kappa shape index (κ1) is 28.9. The first-order valence-electron chi connectivity index (χ1n) is 16.9. The van der Waals surface area contributed by atoms with Crippen LogP contribution in [0.2, 0.25) is 0 Å². The van der Waals surface area contributed by atoms with Crippen molar-refractivity contribution in [2.24, 2.45) is 17.3 Å². The molecule has 240 valence electrons. The van der Waals surface area contributed by atoms with Crippen LogP contribution in [0.25, 0.3) is 16.5 Å². The summed E-state index contributed by atoms with van der Waals surface area (Å²) < 4.78 is 25.9. The molecule has 1 spiro atoms. The van der Waals surface area contributed by atoms with E-state index in [1.165, 1.54) is 33.3 Å². The van der Waals surface area contributed by atoms with Crippen molar-refractivity contribution < 1.29 is 28.8 Å². The van der Waals surface area contributed by atoms with Crippen LogP contribution in [0.1, 0.15) is 110 Å². The normalized spacial score (nSPS) is 44.4. The summed E-state index contributed by atoms with van der Waals surface area (Å²) in [6.07, 6.45) is 7.05. The number of ketones is 1. The number of nitrogens with one attached hydrogen (secondary N) is 1. The molecule has 3 fully saturated rings. The van der Waals surface area contributed by atoms with Gasteiger partial charge in [0.05, 0.1) is 22.9 Å². The second kappa shape index (κ2) is 8.04. The molecule has 3 aliphatic heterocycles. The molecule has 7 aliphatic rings. The summed E-state index contributed by atoms with van der Waals surface area (Å²) in [7, 11) is 1.82. The van der Waals surface area contributed by atoms with Crippen molar-refractivity contribution in [1.82, 2.24) is 4.98 Å². The van der Waals surface area contributed by atoms with Crippen molar-refractivity contribution in [3.63, 3.8) is 0 Å². The van der Waals surface area contributed by atoms with Crippen molar-refractivity contribution in [2.45, 2.75) is 133 Å². The number of carbonyl (C=O) groups is 1. The zero-order valence-corrected chi connectivity index (χ0v) is 28.1. The first-order valence-corrected chi connectivity index (χ1v) is 16.9. The Balaban J connectivity index is 1.20. The van der Waals surface area contributed by atoms with Gasteiger partial charge in [-0.3, -0.25) is 4.79 Å². The molecule has 2 N–H and O–H groups in total. The van der Waals surface area contributed by atoms with Gasteiger partial charge in [-0.05, 0) is 120 Å². The standard InChI is InChI=1S/C38H47NO6/c1-32(2)18-24-20-16-25-21(15-22(20)29(42-9)28(24)33(3,4)44-32)23-14-19-10-11-37(41)27-17-26(40)31-34(5,6)45-38(27,43-31)13-12-35(37,7)36(19,8)30(23)39-25/h15-19,28-29,31,39,41H,10-14H2,1-9H3. The van der Waals surface area contributed by atoms with E-state index in [-0.39, 0.29) is 34.4 Å². The van der Waals surface area contributed by atoms with Crippen molar-refractivity contribution in [3.8, 4) is 0 Å². The number of aromatic nitrogens is 1. The van der Waals surface area contributed by atoms with Gasteiger partial charge in [-0.25, -0.2) is 0 Å². The van der Waals surface area contributed by atoms with Crippen LogP contribution in [0.3, 0.4) is 0 Å². The molecule has 0 radical (unpaired) electrons. The molecule has 0 amide bonds. The molecule has 7 heteroatoms. The highest BCUT2D eigenvalue weighted by atomic mass is 16.8. The number of hydrogen-bond donors (Lipinski definition) is 2. The summed E-state index contributed by atoms with van der Waals surface area (Å²) in [6.45, 7) is 17.1. The topological polar surface area (TPSA) is 90.0 Å². The number of hydrogen-bond acceptors (Lipinski definition) is 6. The van der Waals surface area contributed by atoms with E-state index in [2.05, 4.69) is 64.7 Å². The number of ether oxygens (including phenoxy) is 4. The van der Waals surface area contributed by atoms with Crippen molar-refractivity contribution in [1.29, 1.82) is 0 Å². The quantitative estimate of drug-likeness (QED) is 0.376. The SMILES string of the molecule is COC1c2cc3c4c([nH]c3cc2C2=CC(C)(C)OC(C)(C)C21)C1(C)C(CCC2(O)C3=CC(=O)C5OC3(CCC21C)OC5(C)C)C4. The summed E-state index contributed by atoms with van der Waals surface area (Å²) in [4.78, 5) is 17.3. The Morgan fingerprint density at radius 3 is 2.47 bits per heavy atom. The summed E-state index contributed by atoms with van der Waals surface area (Å²) >= 11 is 0. The number of benzene rings is 1. The Hall–Kier alpha value is -2.29. The number of H-pyrrole nitrogens is 1. The van der Waals surface area contributed by atoms with Crippen LogP contribution >= 0.6 is 0 Å². The minimum atomic E-state index is -1.23. The van der Waals surface area contributed by atoms with Crippen molar-refractivity contribution in [3.05, 3.63) is 52.2 Å². The van der Waals surface area contributed by atoms with E-state index in [4.69, 9.17) is 18.9 Å². The monoisotopic (exact) mass is 613 g/mol. The maximum absolute atomic E-state index is 13.4. The van der Waals surface area contributed by atoms with E-state index in [9.17, 15) is 9.90 Å².